The Morgan fingerprint density at radius 3 is 2.60 bits per heavy atom. The molecule has 0 bridgehead atoms. The lowest BCUT2D eigenvalue weighted by molar-refractivity contribution is -0.141. The normalized spacial score (nSPS) is 24.0. The van der Waals surface area contributed by atoms with E-state index in [1.165, 1.54) is 23.2 Å². The lowest BCUT2D eigenvalue weighted by atomic mass is 9.58. The van der Waals surface area contributed by atoms with Gasteiger partial charge in [0, 0.05) is 13.0 Å². The van der Waals surface area contributed by atoms with Crippen LogP contribution in [-0.2, 0) is 19.0 Å². The fraction of sp³-hybridized carbons (Fsp3) is 0.594. The summed E-state index contributed by atoms with van der Waals surface area (Å²) in [6, 6.07) is 3.72. The monoisotopic (exact) mass is 707 g/mol. The van der Waals surface area contributed by atoms with E-state index in [-0.39, 0.29) is 36.0 Å². The third kappa shape index (κ3) is 7.65. The first-order chi connectivity index (χ1) is 20.6. The molecule has 1 aromatic rings. The molecule has 2 heterocycles. The Morgan fingerprint density at radius 2 is 1.93 bits per heavy atom. The number of methoxy groups -OCH3 is 1. The zero-order valence-electron chi connectivity index (χ0n) is 25.3. The number of amides is 2. The van der Waals surface area contributed by atoms with E-state index >= 15 is 0 Å². The van der Waals surface area contributed by atoms with Crippen LogP contribution < -0.4 is 4.74 Å². The minimum atomic E-state index is -1.01. The fourth-order valence-corrected chi connectivity index (χ4v) is 7.67. The molecule has 0 unspecified atom stereocenters. The molecule has 0 aromatic heterocycles. The molecule has 0 radical (unpaired) electrons. The average Bonchev–Trinajstić information content (AvgIpc) is 3.20. The summed E-state index contributed by atoms with van der Waals surface area (Å²) >= 11 is 2.09. The summed E-state index contributed by atoms with van der Waals surface area (Å²) in [6.07, 6.45) is 8.37. The number of carboxylic acid groups (broad SMARTS) is 1. The second-order valence-electron chi connectivity index (χ2n) is 11.8. The molecule has 3 N–H and O–H groups in total. The maximum Gasteiger partial charge on any atom is 0.455 e. The average molecular weight is 707 g/mol. The van der Waals surface area contributed by atoms with Gasteiger partial charge in [-0.25, -0.2) is 0 Å². The number of carbonyl (C=O) groups excluding carboxylic acids is 2. The number of fused-ring (bicyclic) bond motifs is 3. The maximum absolute atomic E-state index is 13.7. The third-order valence-corrected chi connectivity index (χ3v) is 9.87. The quantitative estimate of drug-likeness (QED) is 0.0725. The van der Waals surface area contributed by atoms with Crippen LogP contribution in [0.3, 0.4) is 0 Å². The van der Waals surface area contributed by atoms with E-state index in [4.69, 9.17) is 14.5 Å². The minimum Gasteiger partial charge on any atom is -0.504 e. The standard InChI is InChI=1S/C32H43BINO8/c1-4-9-21-17-22-29(32(40)35(31(22)39)13-8-6-7-10-27(36)37)23-18-33(41)43-25(28(21)23)12-11-19(5-2)14-20-15-24(34)30(38)26(16-20)42-3/h14-16,22-23,25,29,38,41H,4-13,17-18H2,1-3H3,(H,36,37)/b19-14+/t22-,23+,25-,29-/m1/s1. The highest BCUT2D eigenvalue weighted by atomic mass is 127. The molecule has 43 heavy (non-hydrogen) atoms. The number of ether oxygens (including phenoxy) is 1. The van der Waals surface area contributed by atoms with E-state index in [1.807, 2.05) is 12.1 Å². The number of imide groups is 1. The number of unbranched alkanes of at least 4 members (excludes halogenated alkanes) is 2. The highest BCUT2D eigenvalue weighted by molar-refractivity contribution is 14.1. The highest BCUT2D eigenvalue weighted by Gasteiger charge is 2.56. The molecule has 234 valence electrons. The van der Waals surface area contributed by atoms with Gasteiger partial charge in [-0.1, -0.05) is 43.9 Å². The largest absolute Gasteiger partial charge is 0.504 e. The van der Waals surface area contributed by atoms with Gasteiger partial charge in [-0.3, -0.25) is 19.3 Å². The van der Waals surface area contributed by atoms with Gasteiger partial charge in [-0.2, -0.15) is 0 Å². The van der Waals surface area contributed by atoms with Gasteiger partial charge < -0.3 is 24.6 Å². The summed E-state index contributed by atoms with van der Waals surface area (Å²) in [4.78, 5) is 39.4. The number of nitrogens with zero attached hydrogens (tertiary/aromatic N) is 1. The molecular formula is C32H43BINO8. The number of rotatable bonds is 14. The number of halogens is 1. The van der Waals surface area contributed by atoms with Crippen LogP contribution in [0.5, 0.6) is 11.5 Å². The number of allylic oxidation sites excluding steroid dienone is 2. The van der Waals surface area contributed by atoms with Gasteiger partial charge in [0.2, 0.25) is 11.8 Å². The van der Waals surface area contributed by atoms with E-state index in [9.17, 15) is 24.5 Å². The number of carboxylic acids is 1. The van der Waals surface area contributed by atoms with Crippen LogP contribution in [0.2, 0.25) is 6.32 Å². The number of benzene rings is 1. The van der Waals surface area contributed by atoms with Gasteiger partial charge >= 0.3 is 13.1 Å². The van der Waals surface area contributed by atoms with Crippen molar-refractivity contribution < 1.29 is 39.0 Å². The van der Waals surface area contributed by atoms with Crippen molar-refractivity contribution in [2.24, 2.45) is 17.8 Å². The van der Waals surface area contributed by atoms with Gasteiger partial charge in [-0.15, -0.1) is 0 Å². The molecule has 2 aliphatic heterocycles. The Kier molecular flexibility index (Phi) is 11.7. The van der Waals surface area contributed by atoms with Crippen molar-refractivity contribution in [3.8, 4) is 11.5 Å². The van der Waals surface area contributed by atoms with Crippen LogP contribution in [0, 0.1) is 21.3 Å². The number of hydrogen-bond donors (Lipinski definition) is 3. The van der Waals surface area contributed by atoms with E-state index in [0.29, 0.717) is 54.3 Å². The molecule has 9 nitrogen and oxygen atoms in total. The first kappa shape index (κ1) is 33.5. The smallest absolute Gasteiger partial charge is 0.455 e. The first-order valence-corrected chi connectivity index (χ1v) is 16.6. The Morgan fingerprint density at radius 1 is 1.16 bits per heavy atom. The van der Waals surface area contributed by atoms with Crippen molar-refractivity contribution in [3.63, 3.8) is 0 Å². The number of hydrogen-bond acceptors (Lipinski definition) is 7. The summed E-state index contributed by atoms with van der Waals surface area (Å²) in [7, 11) is 0.521. The SMILES string of the molecule is CCCC1=C2[C@@H](CC/C(=C/c3cc(I)c(O)c(OC)c3)CC)OB(O)C[C@@H]2[C@@H]2C(=O)N(CCCCCC(=O)O)C(=O)[C@@H]2C1. The second-order valence-corrected chi connectivity index (χ2v) is 13.0. The number of phenolic OH excluding ortho intramolecular Hbond substituents is 1. The summed E-state index contributed by atoms with van der Waals surface area (Å²) < 4.78 is 12.2. The molecule has 2 saturated heterocycles. The van der Waals surface area contributed by atoms with Gasteiger partial charge in [0.1, 0.15) is 0 Å². The molecule has 4 atom stereocenters. The second kappa shape index (κ2) is 15.1. The summed E-state index contributed by atoms with van der Waals surface area (Å²) in [6.45, 7) is 4.52. The fourth-order valence-electron chi connectivity index (χ4n) is 7.05. The Hall–Kier alpha value is -2.38. The third-order valence-electron chi connectivity index (χ3n) is 9.05. The van der Waals surface area contributed by atoms with E-state index < -0.39 is 24.9 Å². The van der Waals surface area contributed by atoms with Crippen LogP contribution in [0.4, 0.5) is 0 Å². The van der Waals surface area contributed by atoms with E-state index in [1.54, 1.807) is 0 Å². The Labute approximate surface area is 268 Å². The van der Waals surface area contributed by atoms with E-state index in [0.717, 1.165) is 36.8 Å². The number of aromatic hydroxyl groups is 1. The summed E-state index contributed by atoms with van der Waals surface area (Å²) in [5, 5.41) is 29.9. The van der Waals surface area contributed by atoms with Gasteiger partial charge in [0.15, 0.2) is 11.5 Å². The van der Waals surface area contributed by atoms with Gasteiger partial charge in [0.25, 0.3) is 0 Å². The maximum atomic E-state index is 13.7. The summed E-state index contributed by atoms with van der Waals surface area (Å²) in [5.74, 6) is -1.73. The molecule has 0 spiro atoms. The molecule has 0 saturated carbocycles. The molecule has 2 fully saturated rings. The zero-order chi connectivity index (χ0) is 31.3. The highest BCUT2D eigenvalue weighted by Crippen LogP contribution is 2.51. The molecular weight excluding hydrogens is 664 g/mol. The van der Waals surface area contributed by atoms with Crippen LogP contribution in [-0.4, -0.2) is 64.8 Å². The lowest BCUT2D eigenvalue weighted by Gasteiger charge is -2.43. The topological polar surface area (TPSA) is 134 Å². The zero-order valence-corrected chi connectivity index (χ0v) is 27.5. The van der Waals surface area contributed by atoms with Crippen LogP contribution in [0.25, 0.3) is 6.08 Å². The number of carbonyl (C=O) groups is 3. The predicted octanol–water partition coefficient (Wildman–Crippen LogP) is 5.82. The molecule has 2 amide bonds. The van der Waals surface area contributed by atoms with Crippen LogP contribution >= 0.6 is 22.6 Å². The predicted molar refractivity (Wildman–Crippen MR) is 172 cm³/mol. The number of phenols is 1. The minimum absolute atomic E-state index is 0.0829. The first-order valence-electron chi connectivity index (χ1n) is 15.5. The van der Waals surface area contributed by atoms with Gasteiger partial charge in [-0.05, 0) is 103 Å². The van der Waals surface area contributed by atoms with E-state index in [2.05, 4.69) is 42.5 Å². The van der Waals surface area contributed by atoms with Crippen molar-refractivity contribution in [1.82, 2.24) is 4.90 Å². The van der Waals surface area contributed by atoms with Crippen molar-refractivity contribution >= 4 is 53.6 Å². The number of aliphatic carboxylic acids is 1. The molecule has 3 aliphatic rings. The lowest BCUT2D eigenvalue weighted by Crippen LogP contribution is -2.46. The molecule has 1 aliphatic carbocycles. The number of likely N-dealkylation sites (tertiary alicyclic amines) is 1. The Balaban J connectivity index is 1.54. The van der Waals surface area contributed by atoms with Crippen molar-refractivity contribution in [3.05, 3.63) is 38.0 Å². The van der Waals surface area contributed by atoms with Crippen molar-refractivity contribution in [2.45, 2.75) is 90.5 Å². The molecule has 1 aromatic carbocycles. The Bertz CT molecular complexity index is 1280. The van der Waals surface area contributed by atoms with Crippen molar-refractivity contribution in [2.75, 3.05) is 13.7 Å². The van der Waals surface area contributed by atoms with Crippen LogP contribution in [0.1, 0.15) is 83.6 Å². The van der Waals surface area contributed by atoms with Crippen molar-refractivity contribution in [1.29, 1.82) is 0 Å². The van der Waals surface area contributed by atoms with Gasteiger partial charge in [0.05, 0.1) is 28.6 Å². The molecule has 4 rings (SSSR count). The van der Waals surface area contributed by atoms with Crippen LogP contribution in [0.15, 0.2) is 28.9 Å². The molecule has 11 heteroatoms. The summed E-state index contributed by atoms with van der Waals surface area (Å²) in [5.41, 5.74) is 4.42.